The van der Waals surface area contributed by atoms with E-state index in [2.05, 4.69) is 10.3 Å². The van der Waals surface area contributed by atoms with E-state index in [4.69, 9.17) is 0 Å². The molecule has 0 bridgehead atoms. The fourth-order valence-corrected chi connectivity index (χ4v) is 4.05. The number of nitriles is 1. The van der Waals surface area contributed by atoms with Crippen molar-refractivity contribution in [1.29, 1.82) is 5.26 Å². The Morgan fingerprint density at radius 1 is 0.938 bits per heavy atom. The summed E-state index contributed by atoms with van der Waals surface area (Å²) in [7, 11) is 0. The van der Waals surface area contributed by atoms with Gasteiger partial charge in [-0.15, -0.1) is 0 Å². The van der Waals surface area contributed by atoms with Crippen LogP contribution in [0.2, 0.25) is 0 Å². The van der Waals surface area contributed by atoms with Crippen molar-refractivity contribution in [2.75, 3.05) is 5.32 Å². The van der Waals surface area contributed by atoms with Gasteiger partial charge in [-0.1, -0.05) is 78.1 Å². The maximum Gasteiger partial charge on any atom is 0.268 e. The minimum absolute atomic E-state index is 0.159. The first-order valence-corrected chi connectivity index (χ1v) is 10.4. The maximum absolute atomic E-state index is 12.7. The van der Waals surface area contributed by atoms with E-state index in [-0.39, 0.29) is 17.1 Å². The minimum atomic E-state index is -0.618. The van der Waals surface area contributed by atoms with E-state index in [0.29, 0.717) is 10.7 Å². The Kier molecular flexibility index (Phi) is 5.97. The van der Waals surface area contributed by atoms with E-state index in [9.17, 15) is 20.3 Å². The number of aromatic hydroxyl groups is 2. The summed E-state index contributed by atoms with van der Waals surface area (Å²) in [4.78, 5) is 18.3. The summed E-state index contributed by atoms with van der Waals surface area (Å²) in [6, 6.07) is 25.3. The van der Waals surface area contributed by atoms with Crippen molar-refractivity contribution in [3.8, 4) is 39.3 Å². The Morgan fingerprint density at radius 3 is 2.22 bits per heavy atom. The molecule has 32 heavy (non-hydrogen) atoms. The van der Waals surface area contributed by atoms with Crippen molar-refractivity contribution in [1.82, 2.24) is 4.98 Å². The first-order valence-electron chi connectivity index (χ1n) is 9.62. The first kappa shape index (κ1) is 20.8. The summed E-state index contributed by atoms with van der Waals surface area (Å²) in [6.45, 7) is 0. The third-order valence-electron chi connectivity index (χ3n) is 4.61. The molecule has 0 saturated carbocycles. The van der Waals surface area contributed by atoms with Gasteiger partial charge in [0, 0.05) is 5.56 Å². The van der Waals surface area contributed by atoms with Gasteiger partial charge >= 0.3 is 0 Å². The van der Waals surface area contributed by atoms with Gasteiger partial charge in [0.1, 0.15) is 11.6 Å². The predicted molar refractivity (Wildman–Crippen MR) is 125 cm³/mol. The van der Waals surface area contributed by atoms with E-state index in [0.717, 1.165) is 21.7 Å². The number of anilines is 1. The van der Waals surface area contributed by atoms with Crippen LogP contribution in [0.4, 0.5) is 5.13 Å². The van der Waals surface area contributed by atoms with Crippen molar-refractivity contribution < 1.29 is 15.0 Å². The van der Waals surface area contributed by atoms with Crippen LogP contribution < -0.4 is 5.32 Å². The molecule has 6 nitrogen and oxygen atoms in total. The van der Waals surface area contributed by atoms with E-state index in [1.807, 2.05) is 66.7 Å². The lowest BCUT2D eigenvalue weighted by Crippen LogP contribution is -2.13. The van der Waals surface area contributed by atoms with Gasteiger partial charge in [-0.3, -0.25) is 10.1 Å². The van der Waals surface area contributed by atoms with Gasteiger partial charge in [0.15, 0.2) is 16.6 Å². The number of hydrogen-bond donors (Lipinski definition) is 3. The highest BCUT2D eigenvalue weighted by Gasteiger charge is 2.18. The number of phenolic OH excluding ortho intramolecular Hbond substituents is 2. The van der Waals surface area contributed by atoms with Crippen molar-refractivity contribution in [3.05, 3.63) is 90.0 Å². The number of amides is 1. The van der Waals surface area contributed by atoms with Crippen molar-refractivity contribution in [2.45, 2.75) is 0 Å². The monoisotopic (exact) mass is 439 g/mol. The molecule has 3 N–H and O–H groups in total. The van der Waals surface area contributed by atoms with Crippen LogP contribution >= 0.6 is 11.3 Å². The molecule has 1 amide bonds. The van der Waals surface area contributed by atoms with Crippen LogP contribution in [-0.4, -0.2) is 21.1 Å². The largest absolute Gasteiger partial charge is 0.504 e. The zero-order valence-electron chi connectivity index (χ0n) is 16.7. The van der Waals surface area contributed by atoms with E-state index in [1.54, 1.807) is 0 Å². The molecule has 0 aliphatic rings. The summed E-state index contributed by atoms with van der Waals surface area (Å²) in [6.07, 6.45) is 1.33. The number of nitrogens with one attached hydrogen (secondary N) is 1. The van der Waals surface area contributed by atoms with Crippen LogP contribution in [0.5, 0.6) is 11.5 Å². The minimum Gasteiger partial charge on any atom is -0.504 e. The summed E-state index contributed by atoms with van der Waals surface area (Å²) in [5.74, 6) is -1.24. The van der Waals surface area contributed by atoms with Gasteiger partial charge in [-0.2, -0.15) is 5.26 Å². The average Bonchev–Trinajstić information content (AvgIpc) is 3.24. The molecular weight excluding hydrogens is 422 g/mol. The quantitative estimate of drug-likeness (QED) is 0.218. The molecule has 0 unspecified atom stereocenters. The number of benzene rings is 3. The average molecular weight is 439 g/mol. The molecule has 0 radical (unpaired) electrons. The van der Waals surface area contributed by atoms with Crippen LogP contribution in [0.3, 0.4) is 0 Å². The molecule has 0 spiro atoms. The molecule has 7 heteroatoms. The van der Waals surface area contributed by atoms with Crippen molar-refractivity contribution in [3.63, 3.8) is 0 Å². The summed E-state index contributed by atoms with van der Waals surface area (Å²) in [5, 5.41) is 31.6. The Morgan fingerprint density at radius 2 is 1.59 bits per heavy atom. The van der Waals surface area contributed by atoms with Gasteiger partial charge in [0.25, 0.3) is 5.91 Å². The second kappa shape index (κ2) is 9.16. The molecule has 0 atom stereocenters. The van der Waals surface area contributed by atoms with Gasteiger partial charge < -0.3 is 10.2 Å². The molecule has 4 aromatic rings. The summed E-state index contributed by atoms with van der Waals surface area (Å²) >= 11 is 1.32. The number of carbonyl (C=O) groups is 1. The molecule has 156 valence electrons. The zero-order chi connectivity index (χ0) is 22.5. The maximum atomic E-state index is 12.7. The molecule has 1 aromatic heterocycles. The zero-order valence-corrected chi connectivity index (χ0v) is 17.5. The van der Waals surface area contributed by atoms with Gasteiger partial charge in [0.05, 0.1) is 10.6 Å². The Hall–Kier alpha value is -4.41. The smallest absolute Gasteiger partial charge is 0.268 e. The molecule has 3 aromatic carbocycles. The molecule has 0 aliphatic carbocycles. The number of aromatic nitrogens is 1. The highest BCUT2D eigenvalue weighted by molar-refractivity contribution is 7.19. The van der Waals surface area contributed by atoms with Crippen molar-refractivity contribution >= 4 is 28.5 Å². The Balaban J connectivity index is 1.67. The predicted octanol–water partition coefficient (Wildman–Crippen LogP) is 5.43. The fourth-order valence-electron chi connectivity index (χ4n) is 3.06. The molecule has 1 heterocycles. The van der Waals surface area contributed by atoms with Gasteiger partial charge in [0.2, 0.25) is 0 Å². The SMILES string of the molecule is N#C/C(=C\c1ccc(O)c(O)c1)C(=O)Nc1nc(-c2ccccc2)c(-c2ccccc2)s1. The van der Waals surface area contributed by atoms with E-state index < -0.39 is 5.91 Å². The highest BCUT2D eigenvalue weighted by atomic mass is 32.1. The van der Waals surface area contributed by atoms with Gasteiger partial charge in [-0.05, 0) is 29.3 Å². The Labute approximate surface area is 188 Å². The third kappa shape index (κ3) is 4.51. The van der Waals surface area contributed by atoms with Crippen molar-refractivity contribution in [2.24, 2.45) is 0 Å². The third-order valence-corrected chi connectivity index (χ3v) is 5.63. The number of rotatable bonds is 5. The number of hydrogen-bond acceptors (Lipinski definition) is 6. The molecular formula is C25H17N3O3S. The normalized spacial score (nSPS) is 11.0. The summed E-state index contributed by atoms with van der Waals surface area (Å²) in [5.41, 5.74) is 2.87. The number of thiazole rings is 1. The lowest BCUT2D eigenvalue weighted by Gasteiger charge is -2.02. The van der Waals surface area contributed by atoms with Crippen LogP contribution in [0.15, 0.2) is 84.4 Å². The van der Waals surface area contributed by atoms with E-state index in [1.165, 1.54) is 35.6 Å². The number of phenols is 2. The standard InChI is InChI=1S/C25H17N3O3S/c26-15-19(13-16-11-12-20(29)21(30)14-16)24(31)28-25-27-22(17-7-3-1-4-8-17)23(32-25)18-9-5-2-6-10-18/h1-14,29-30H,(H,27,28,31)/b19-13+. The fraction of sp³-hybridized carbons (Fsp3) is 0. The second-order valence-electron chi connectivity index (χ2n) is 6.80. The highest BCUT2D eigenvalue weighted by Crippen LogP contribution is 2.39. The van der Waals surface area contributed by atoms with Crippen LogP contribution in [0.25, 0.3) is 27.8 Å². The first-order chi connectivity index (χ1) is 15.5. The topological polar surface area (TPSA) is 106 Å². The Bertz CT molecular complexity index is 1280. The molecule has 0 saturated heterocycles. The number of carbonyl (C=O) groups excluding carboxylic acids is 1. The molecule has 0 aliphatic heterocycles. The second-order valence-corrected chi connectivity index (χ2v) is 7.80. The van der Waals surface area contributed by atoms with Crippen LogP contribution in [0.1, 0.15) is 5.56 Å². The molecule has 0 fully saturated rings. The lowest BCUT2D eigenvalue weighted by molar-refractivity contribution is -0.112. The molecule has 4 rings (SSSR count). The van der Waals surface area contributed by atoms with Gasteiger partial charge in [-0.25, -0.2) is 4.98 Å². The summed E-state index contributed by atoms with van der Waals surface area (Å²) < 4.78 is 0. The van der Waals surface area contributed by atoms with E-state index >= 15 is 0 Å². The van der Waals surface area contributed by atoms with Crippen LogP contribution in [-0.2, 0) is 4.79 Å². The number of nitrogens with zero attached hydrogens (tertiary/aromatic N) is 2. The lowest BCUT2D eigenvalue weighted by atomic mass is 10.1. The van der Waals surface area contributed by atoms with Crippen LogP contribution in [0, 0.1) is 11.3 Å².